The van der Waals surface area contributed by atoms with Gasteiger partial charge in [-0.3, -0.25) is 0 Å². The van der Waals surface area contributed by atoms with E-state index >= 15 is 0 Å². The topological polar surface area (TPSA) is 9.23 Å². The Hall–Kier alpha value is -1.90. The Morgan fingerprint density at radius 1 is 1.00 bits per heavy atom. The average Bonchev–Trinajstić information content (AvgIpc) is 2.60. The van der Waals surface area contributed by atoms with E-state index in [1.165, 1.54) is 7.11 Å². The van der Waals surface area contributed by atoms with E-state index < -0.39 is 11.7 Å². The molecule has 0 aliphatic heterocycles. The van der Waals surface area contributed by atoms with Crippen LogP contribution in [0.2, 0.25) is 0 Å². The number of ether oxygens (including phenoxy) is 1. The highest BCUT2D eigenvalue weighted by Gasteiger charge is 2.15. The molecule has 0 spiro atoms. The fourth-order valence-corrected chi connectivity index (χ4v) is 1.88. The molecule has 0 aromatic heterocycles. The Kier molecular flexibility index (Phi) is 9.94. The quantitative estimate of drug-likeness (QED) is 0.292. The molecule has 2 atom stereocenters. The number of rotatable bonds is 11. The second kappa shape index (κ2) is 10.8. The molecule has 0 aliphatic rings. The summed E-state index contributed by atoms with van der Waals surface area (Å²) in [6.07, 6.45) is 6.73. The van der Waals surface area contributed by atoms with E-state index in [2.05, 4.69) is 51.8 Å². The molecule has 0 aromatic carbocycles. The smallest absolute Gasteiger partial charge is 0.200 e. The van der Waals surface area contributed by atoms with Gasteiger partial charge in [-0.15, -0.1) is 0 Å². The van der Waals surface area contributed by atoms with Crippen molar-refractivity contribution in [1.29, 1.82) is 0 Å². The molecule has 0 heterocycles. The van der Waals surface area contributed by atoms with Crippen LogP contribution in [0.3, 0.4) is 0 Å². The first-order chi connectivity index (χ1) is 11.1. The van der Waals surface area contributed by atoms with Crippen LogP contribution in [0.4, 0.5) is 8.78 Å². The SMILES string of the molecule is C=C(/C=C\C(=C)C(C)CCC(C)CC)C(=C)/C(F)=C(/F)C(=C)OC. The fourth-order valence-electron chi connectivity index (χ4n) is 1.88. The number of hydrogen-bond acceptors (Lipinski definition) is 1. The largest absolute Gasteiger partial charge is 0.494 e. The summed E-state index contributed by atoms with van der Waals surface area (Å²) in [5.41, 5.74) is 1.07. The molecular weight excluding hydrogens is 306 g/mol. The third kappa shape index (κ3) is 7.12. The zero-order valence-electron chi connectivity index (χ0n) is 15.4. The van der Waals surface area contributed by atoms with Gasteiger partial charge in [0.1, 0.15) is 5.76 Å². The fraction of sp³-hybridized carbons (Fsp3) is 0.429. The van der Waals surface area contributed by atoms with Crippen molar-refractivity contribution in [3.8, 4) is 0 Å². The highest BCUT2D eigenvalue weighted by atomic mass is 19.2. The molecule has 0 amide bonds. The third-order valence-corrected chi connectivity index (χ3v) is 4.26. The van der Waals surface area contributed by atoms with E-state index in [0.717, 1.165) is 24.8 Å². The highest BCUT2D eigenvalue weighted by molar-refractivity contribution is 5.49. The summed E-state index contributed by atoms with van der Waals surface area (Å²) in [4.78, 5) is 0. The van der Waals surface area contributed by atoms with Gasteiger partial charge in [0.15, 0.2) is 5.83 Å². The molecule has 24 heavy (non-hydrogen) atoms. The minimum Gasteiger partial charge on any atom is -0.494 e. The molecule has 0 saturated carbocycles. The molecule has 0 saturated heterocycles. The summed E-state index contributed by atoms with van der Waals surface area (Å²) >= 11 is 0. The summed E-state index contributed by atoms with van der Waals surface area (Å²) in [7, 11) is 1.22. The molecule has 134 valence electrons. The maximum Gasteiger partial charge on any atom is 0.200 e. The average molecular weight is 336 g/mol. The second-order valence-corrected chi connectivity index (χ2v) is 6.16. The van der Waals surface area contributed by atoms with E-state index in [9.17, 15) is 8.78 Å². The monoisotopic (exact) mass is 336 g/mol. The summed E-state index contributed by atoms with van der Waals surface area (Å²) in [6.45, 7) is 21.1. The van der Waals surface area contributed by atoms with E-state index in [4.69, 9.17) is 0 Å². The minimum atomic E-state index is -1.17. The lowest BCUT2D eigenvalue weighted by atomic mass is 9.91. The molecule has 0 bridgehead atoms. The summed E-state index contributed by atoms with van der Waals surface area (Å²) in [5, 5.41) is 0. The Balaban J connectivity index is 4.80. The highest BCUT2D eigenvalue weighted by Crippen LogP contribution is 2.27. The zero-order valence-corrected chi connectivity index (χ0v) is 15.4. The van der Waals surface area contributed by atoms with E-state index in [-0.39, 0.29) is 16.9 Å². The van der Waals surface area contributed by atoms with Gasteiger partial charge in [-0.25, -0.2) is 4.39 Å². The third-order valence-electron chi connectivity index (χ3n) is 4.26. The van der Waals surface area contributed by atoms with Crippen molar-refractivity contribution in [2.45, 2.75) is 40.0 Å². The van der Waals surface area contributed by atoms with Crippen LogP contribution in [0.15, 0.2) is 72.6 Å². The first kappa shape index (κ1) is 22.1. The predicted octanol–water partition coefficient (Wildman–Crippen LogP) is 6.98. The molecule has 1 nitrogen and oxygen atoms in total. The Morgan fingerprint density at radius 2 is 1.58 bits per heavy atom. The number of allylic oxidation sites excluding steroid dienone is 7. The molecule has 2 unspecified atom stereocenters. The zero-order chi connectivity index (χ0) is 18.9. The minimum absolute atomic E-state index is 0.137. The van der Waals surface area contributed by atoms with Gasteiger partial charge in [0.05, 0.1) is 7.11 Å². The molecule has 0 fully saturated rings. The van der Waals surface area contributed by atoms with Crippen LogP contribution in [0, 0.1) is 11.8 Å². The lowest BCUT2D eigenvalue weighted by Crippen LogP contribution is -2.01. The van der Waals surface area contributed by atoms with Gasteiger partial charge >= 0.3 is 0 Å². The predicted molar refractivity (Wildman–Crippen MR) is 99.8 cm³/mol. The number of halogens is 2. The first-order valence-corrected chi connectivity index (χ1v) is 8.19. The molecule has 0 radical (unpaired) electrons. The number of methoxy groups -OCH3 is 1. The molecule has 3 heteroatoms. The second-order valence-electron chi connectivity index (χ2n) is 6.16. The van der Waals surface area contributed by atoms with Crippen molar-refractivity contribution in [2.75, 3.05) is 7.11 Å². The van der Waals surface area contributed by atoms with Gasteiger partial charge < -0.3 is 4.74 Å². The van der Waals surface area contributed by atoms with Gasteiger partial charge in [-0.05, 0) is 23.8 Å². The van der Waals surface area contributed by atoms with Gasteiger partial charge in [0.2, 0.25) is 5.83 Å². The van der Waals surface area contributed by atoms with Crippen LogP contribution in [-0.4, -0.2) is 7.11 Å². The van der Waals surface area contributed by atoms with Crippen LogP contribution in [0.1, 0.15) is 40.0 Å². The van der Waals surface area contributed by atoms with Crippen molar-refractivity contribution >= 4 is 0 Å². The lowest BCUT2D eigenvalue weighted by molar-refractivity contribution is 0.281. The van der Waals surface area contributed by atoms with Crippen molar-refractivity contribution in [1.82, 2.24) is 0 Å². The molecule has 0 N–H and O–H groups in total. The van der Waals surface area contributed by atoms with Gasteiger partial charge in [0.25, 0.3) is 0 Å². The summed E-state index contributed by atoms with van der Waals surface area (Å²) in [6, 6.07) is 0. The van der Waals surface area contributed by atoms with Crippen molar-refractivity contribution in [2.24, 2.45) is 11.8 Å². The Morgan fingerprint density at radius 3 is 2.08 bits per heavy atom. The summed E-state index contributed by atoms with van der Waals surface area (Å²) in [5.74, 6) is -1.66. The van der Waals surface area contributed by atoms with Crippen LogP contribution in [0.5, 0.6) is 0 Å². The van der Waals surface area contributed by atoms with Crippen molar-refractivity contribution in [3.05, 3.63) is 72.6 Å². The van der Waals surface area contributed by atoms with Gasteiger partial charge in [-0.1, -0.05) is 77.7 Å². The van der Waals surface area contributed by atoms with Crippen LogP contribution in [-0.2, 0) is 4.74 Å². The van der Waals surface area contributed by atoms with E-state index in [0.29, 0.717) is 11.8 Å². The summed E-state index contributed by atoms with van der Waals surface area (Å²) < 4.78 is 32.2. The van der Waals surface area contributed by atoms with Gasteiger partial charge in [0, 0.05) is 5.57 Å². The Bertz CT molecular complexity index is 552. The molecule has 0 aromatic rings. The lowest BCUT2D eigenvalue weighted by Gasteiger charge is -2.15. The van der Waals surface area contributed by atoms with E-state index in [1.54, 1.807) is 12.2 Å². The Labute approximate surface area is 145 Å². The maximum atomic E-state index is 14.0. The first-order valence-electron chi connectivity index (χ1n) is 8.19. The van der Waals surface area contributed by atoms with Crippen molar-refractivity contribution < 1.29 is 13.5 Å². The van der Waals surface area contributed by atoms with Crippen molar-refractivity contribution in [3.63, 3.8) is 0 Å². The van der Waals surface area contributed by atoms with Gasteiger partial charge in [-0.2, -0.15) is 4.39 Å². The van der Waals surface area contributed by atoms with Crippen LogP contribution < -0.4 is 0 Å². The molecule has 0 aliphatic carbocycles. The van der Waals surface area contributed by atoms with Crippen LogP contribution in [0.25, 0.3) is 0 Å². The van der Waals surface area contributed by atoms with E-state index in [1.807, 2.05) is 0 Å². The molecule has 0 rings (SSSR count). The normalized spacial score (nSPS) is 14.8. The standard InChI is InChI=1S/C21H30F2O/c1-9-14(2)10-11-15(3)16(4)12-13-17(5)18(6)20(22)21(23)19(7)24-8/h12-15H,4-7,9-11H2,1-3,8H3/b13-12-,21-20-. The number of hydrogen-bond donors (Lipinski definition) is 0. The van der Waals surface area contributed by atoms with Crippen LogP contribution >= 0.6 is 0 Å². The molecular formula is C21H30F2O. The maximum absolute atomic E-state index is 14.0.